The number of carboxylic acids is 1. The second-order valence-corrected chi connectivity index (χ2v) is 9.69. The number of carbonyl (C=O) groups excluding carboxylic acids is 2. The summed E-state index contributed by atoms with van der Waals surface area (Å²) in [5, 5.41) is 24.2. The number of aliphatic hydroxyl groups is 1. The van der Waals surface area contributed by atoms with E-state index in [1.807, 2.05) is 24.3 Å². The number of rotatable bonds is 7. The van der Waals surface area contributed by atoms with Crippen LogP contribution in [0.5, 0.6) is 0 Å². The van der Waals surface area contributed by atoms with Gasteiger partial charge in [0.2, 0.25) is 5.91 Å². The molecule has 5 atom stereocenters. The minimum Gasteiger partial charge on any atom is -0.480 e. The van der Waals surface area contributed by atoms with Gasteiger partial charge in [0.1, 0.15) is 6.61 Å². The van der Waals surface area contributed by atoms with E-state index in [1.165, 1.54) is 6.92 Å². The predicted octanol–water partition coefficient (Wildman–Crippen LogP) is 2.64. The Hall–Kier alpha value is -3.39. The Morgan fingerprint density at radius 3 is 2.26 bits per heavy atom. The Bertz CT molecular complexity index is 1100. The van der Waals surface area contributed by atoms with Crippen LogP contribution in [0.4, 0.5) is 4.79 Å². The Labute approximate surface area is 197 Å². The molecule has 0 radical (unpaired) electrons. The van der Waals surface area contributed by atoms with Gasteiger partial charge in [-0.15, -0.1) is 0 Å². The van der Waals surface area contributed by atoms with E-state index in [-0.39, 0.29) is 30.4 Å². The summed E-state index contributed by atoms with van der Waals surface area (Å²) in [6.45, 7) is 1.55. The molecule has 178 valence electrons. The zero-order chi connectivity index (χ0) is 24.0. The van der Waals surface area contributed by atoms with Crippen LogP contribution >= 0.6 is 0 Å². The summed E-state index contributed by atoms with van der Waals surface area (Å²) < 4.78 is 5.61. The highest BCUT2D eigenvalue weighted by molar-refractivity contribution is 5.90. The highest BCUT2D eigenvalue weighted by atomic mass is 16.5. The van der Waals surface area contributed by atoms with Crippen LogP contribution < -0.4 is 10.6 Å². The molecule has 3 aliphatic rings. The maximum Gasteiger partial charge on any atom is 0.407 e. The van der Waals surface area contributed by atoms with Gasteiger partial charge in [-0.25, -0.2) is 9.59 Å². The molecule has 2 saturated carbocycles. The van der Waals surface area contributed by atoms with E-state index >= 15 is 0 Å². The van der Waals surface area contributed by atoms with E-state index in [4.69, 9.17) is 4.74 Å². The molecule has 3 aliphatic carbocycles. The largest absolute Gasteiger partial charge is 0.480 e. The summed E-state index contributed by atoms with van der Waals surface area (Å²) in [5.74, 6) is -1.58. The third-order valence-corrected chi connectivity index (χ3v) is 7.56. The Morgan fingerprint density at radius 2 is 1.68 bits per heavy atom. The van der Waals surface area contributed by atoms with Gasteiger partial charge in [0.15, 0.2) is 6.04 Å². The van der Waals surface area contributed by atoms with E-state index in [9.17, 15) is 24.6 Å². The molecule has 2 aromatic carbocycles. The summed E-state index contributed by atoms with van der Waals surface area (Å²) >= 11 is 0. The first-order chi connectivity index (χ1) is 16.3. The van der Waals surface area contributed by atoms with Crippen molar-refractivity contribution < 1.29 is 29.3 Å². The van der Waals surface area contributed by atoms with Crippen molar-refractivity contribution in [2.45, 2.75) is 50.3 Å². The van der Waals surface area contributed by atoms with Crippen LogP contribution in [0, 0.1) is 11.3 Å². The fourth-order valence-corrected chi connectivity index (χ4v) is 5.77. The molecular formula is C26H28N2O6. The van der Waals surface area contributed by atoms with Crippen molar-refractivity contribution in [2.75, 3.05) is 6.61 Å². The van der Waals surface area contributed by atoms with Gasteiger partial charge in [-0.1, -0.05) is 48.5 Å². The lowest BCUT2D eigenvalue weighted by Crippen LogP contribution is -2.50. The summed E-state index contributed by atoms with van der Waals surface area (Å²) in [6.07, 6.45) is 0.0138. The number of amides is 2. The minimum atomic E-state index is -1.35. The van der Waals surface area contributed by atoms with Crippen LogP contribution in [-0.4, -0.2) is 53.0 Å². The maximum atomic E-state index is 12.8. The number of fused-ring (bicyclic) bond motifs is 4. The highest BCUT2D eigenvalue weighted by Crippen LogP contribution is 2.63. The summed E-state index contributed by atoms with van der Waals surface area (Å²) in [6, 6.07) is 14.7. The van der Waals surface area contributed by atoms with Gasteiger partial charge in [-0.3, -0.25) is 4.79 Å². The number of nitrogens with one attached hydrogen (secondary N) is 2. The van der Waals surface area contributed by atoms with Crippen LogP contribution in [0.25, 0.3) is 11.1 Å². The SMILES string of the molecule is CC(O)C(NC(=O)[C@@]12C[C@@H](NC(=O)OCC3c4ccccc4-c4ccccc43)C[C@@H]1C2)C(=O)O. The fraction of sp³-hybridized carbons (Fsp3) is 0.423. The lowest BCUT2D eigenvalue weighted by Gasteiger charge is -2.22. The molecule has 8 heteroatoms. The Balaban J connectivity index is 1.17. The maximum absolute atomic E-state index is 12.8. The average Bonchev–Trinajstić information content (AvgIpc) is 3.24. The number of carbonyl (C=O) groups is 3. The molecule has 8 nitrogen and oxygen atoms in total. The van der Waals surface area contributed by atoms with Crippen LogP contribution in [0.1, 0.15) is 43.2 Å². The zero-order valence-corrected chi connectivity index (χ0v) is 18.9. The van der Waals surface area contributed by atoms with Crippen molar-refractivity contribution in [1.29, 1.82) is 0 Å². The molecular weight excluding hydrogens is 436 g/mol. The summed E-state index contributed by atoms with van der Waals surface area (Å²) in [5.41, 5.74) is 3.92. The van der Waals surface area contributed by atoms with Gasteiger partial charge in [0, 0.05) is 12.0 Å². The first-order valence-corrected chi connectivity index (χ1v) is 11.6. The van der Waals surface area contributed by atoms with E-state index in [0.29, 0.717) is 19.3 Å². The van der Waals surface area contributed by atoms with E-state index in [1.54, 1.807) is 0 Å². The van der Waals surface area contributed by atoms with Gasteiger partial charge in [-0.05, 0) is 54.4 Å². The first kappa shape index (κ1) is 22.4. The number of hydrogen-bond donors (Lipinski definition) is 4. The summed E-state index contributed by atoms with van der Waals surface area (Å²) in [4.78, 5) is 36.7. The molecule has 0 spiro atoms. The number of aliphatic carboxylic acids is 1. The highest BCUT2D eigenvalue weighted by Gasteiger charge is 2.65. The molecule has 0 aromatic heterocycles. The number of benzene rings is 2. The number of carboxylic acid groups (broad SMARTS) is 1. The van der Waals surface area contributed by atoms with Gasteiger partial charge >= 0.3 is 12.1 Å². The van der Waals surface area contributed by atoms with Gasteiger partial charge in [-0.2, -0.15) is 0 Å². The van der Waals surface area contributed by atoms with E-state index in [2.05, 4.69) is 34.9 Å². The van der Waals surface area contributed by atoms with Gasteiger partial charge in [0.25, 0.3) is 0 Å². The van der Waals surface area contributed by atoms with Crippen LogP contribution in [0.15, 0.2) is 48.5 Å². The number of ether oxygens (including phenoxy) is 1. The number of alkyl carbamates (subject to hydrolysis) is 1. The van der Waals surface area contributed by atoms with Crippen molar-refractivity contribution in [2.24, 2.45) is 11.3 Å². The molecule has 2 unspecified atom stereocenters. The molecule has 2 amide bonds. The van der Waals surface area contributed by atoms with E-state index in [0.717, 1.165) is 22.3 Å². The molecule has 0 saturated heterocycles. The minimum absolute atomic E-state index is 0.0272. The second kappa shape index (κ2) is 8.43. The van der Waals surface area contributed by atoms with Crippen molar-refractivity contribution >= 4 is 18.0 Å². The van der Waals surface area contributed by atoms with Gasteiger partial charge < -0.3 is 25.6 Å². The Morgan fingerprint density at radius 1 is 1.06 bits per heavy atom. The van der Waals surface area contributed by atoms with E-state index < -0.39 is 29.6 Å². The van der Waals surface area contributed by atoms with Crippen molar-refractivity contribution in [3.05, 3.63) is 59.7 Å². The lowest BCUT2D eigenvalue weighted by atomic mass is 9.98. The molecule has 2 aromatic rings. The lowest BCUT2D eigenvalue weighted by molar-refractivity contribution is -0.145. The third-order valence-electron chi connectivity index (χ3n) is 7.56. The van der Waals surface area contributed by atoms with Crippen LogP contribution in [0.2, 0.25) is 0 Å². The predicted molar refractivity (Wildman–Crippen MR) is 123 cm³/mol. The molecule has 4 N–H and O–H groups in total. The molecule has 0 bridgehead atoms. The molecule has 0 heterocycles. The van der Waals surface area contributed by atoms with Crippen LogP contribution in [-0.2, 0) is 14.3 Å². The fourth-order valence-electron chi connectivity index (χ4n) is 5.77. The molecule has 0 aliphatic heterocycles. The van der Waals surface area contributed by atoms with Crippen molar-refractivity contribution in [3.63, 3.8) is 0 Å². The normalized spacial score (nSPS) is 25.9. The smallest absolute Gasteiger partial charge is 0.407 e. The first-order valence-electron chi connectivity index (χ1n) is 11.6. The molecule has 2 fully saturated rings. The third kappa shape index (κ3) is 3.81. The standard InChI is InChI=1S/C26H28N2O6/c1-14(29)22(23(30)31)28-24(32)26-11-15(26)10-16(12-26)27-25(33)34-13-21-19-8-4-2-6-17(19)18-7-3-5-9-20(18)21/h2-9,14-16,21-22,29H,10-13H2,1H3,(H,27,33)(H,28,32)(H,30,31)/t14?,15-,16+,22?,26+/m1/s1. The second-order valence-electron chi connectivity index (χ2n) is 9.69. The van der Waals surface area contributed by atoms with Gasteiger partial charge in [0.05, 0.1) is 11.5 Å². The quantitative estimate of drug-likeness (QED) is 0.499. The molecule has 5 rings (SSSR count). The van der Waals surface area contributed by atoms with Crippen molar-refractivity contribution in [3.8, 4) is 11.1 Å². The average molecular weight is 465 g/mol. The Kier molecular flexibility index (Phi) is 5.56. The topological polar surface area (TPSA) is 125 Å². The number of hydrogen-bond acceptors (Lipinski definition) is 5. The number of aliphatic hydroxyl groups excluding tert-OH is 1. The molecule has 34 heavy (non-hydrogen) atoms. The van der Waals surface area contributed by atoms with Crippen LogP contribution in [0.3, 0.4) is 0 Å². The van der Waals surface area contributed by atoms with Crippen molar-refractivity contribution in [1.82, 2.24) is 10.6 Å². The summed E-state index contributed by atoms with van der Waals surface area (Å²) in [7, 11) is 0. The monoisotopic (exact) mass is 464 g/mol. The zero-order valence-electron chi connectivity index (χ0n) is 18.9.